The summed E-state index contributed by atoms with van der Waals surface area (Å²) in [5.74, 6) is 0.202. The van der Waals surface area contributed by atoms with E-state index in [-0.39, 0.29) is 35.7 Å². The lowest BCUT2D eigenvalue weighted by Gasteiger charge is -2.20. The Hall–Kier alpha value is -5.45. The molecule has 0 bridgehead atoms. The molecule has 0 saturated heterocycles. The standard InChI is InChI=1S/C36H42N6O5/c1-7-10-28(34(44)38-3)30(21-31(37-2)40-33(43)24-16-17-24)39-29-13-8-12-27(32(29)47-6)23-14-18-25(19-15-23)35(45)42(5)22-26-11-9-20-41(4)36(26)46/h8-15,18-21,24,39H,7,16-17,22H2,1-6H3,(H,38,44)(H,37,40,43)/b28-10-,30-21+. The minimum Gasteiger partial charge on any atom is -0.494 e. The van der Waals surface area contributed by atoms with Gasteiger partial charge in [0.25, 0.3) is 17.4 Å². The summed E-state index contributed by atoms with van der Waals surface area (Å²) in [7, 11) is 8.04. The van der Waals surface area contributed by atoms with Crippen LogP contribution in [0.3, 0.4) is 0 Å². The highest BCUT2D eigenvalue weighted by atomic mass is 16.5. The van der Waals surface area contributed by atoms with Crippen molar-refractivity contribution < 1.29 is 19.1 Å². The van der Waals surface area contributed by atoms with Crippen LogP contribution in [0.5, 0.6) is 5.75 Å². The monoisotopic (exact) mass is 638 g/mol. The van der Waals surface area contributed by atoms with Crippen LogP contribution < -0.4 is 26.2 Å². The quantitative estimate of drug-likeness (QED) is 0.118. The highest BCUT2D eigenvalue weighted by molar-refractivity contribution is 6.08. The van der Waals surface area contributed by atoms with Crippen molar-refractivity contribution in [3.63, 3.8) is 0 Å². The average molecular weight is 639 g/mol. The fraction of sp³-hybridized carbons (Fsp3) is 0.306. The van der Waals surface area contributed by atoms with Gasteiger partial charge in [-0.1, -0.05) is 43.3 Å². The van der Waals surface area contributed by atoms with Crippen molar-refractivity contribution in [1.29, 1.82) is 0 Å². The van der Waals surface area contributed by atoms with E-state index in [1.807, 2.05) is 37.3 Å². The van der Waals surface area contributed by atoms with Gasteiger partial charge in [-0.05, 0) is 49.1 Å². The van der Waals surface area contributed by atoms with Crippen molar-refractivity contribution in [2.24, 2.45) is 18.0 Å². The topological polar surface area (TPSA) is 134 Å². The Labute approximate surface area is 275 Å². The fourth-order valence-corrected chi connectivity index (χ4v) is 5.05. The van der Waals surface area contributed by atoms with Crippen molar-refractivity contribution in [2.45, 2.75) is 32.7 Å². The molecule has 1 fully saturated rings. The summed E-state index contributed by atoms with van der Waals surface area (Å²) in [4.78, 5) is 56.9. The van der Waals surface area contributed by atoms with Gasteiger partial charge in [0.1, 0.15) is 11.6 Å². The van der Waals surface area contributed by atoms with Gasteiger partial charge < -0.3 is 30.2 Å². The van der Waals surface area contributed by atoms with Crippen LogP contribution in [0, 0.1) is 5.92 Å². The van der Waals surface area contributed by atoms with Crippen molar-refractivity contribution in [1.82, 2.24) is 20.1 Å². The maximum atomic E-state index is 13.2. The molecule has 3 aromatic rings. The molecular weight excluding hydrogens is 596 g/mol. The predicted molar refractivity (Wildman–Crippen MR) is 184 cm³/mol. The van der Waals surface area contributed by atoms with Gasteiger partial charge in [-0.15, -0.1) is 0 Å². The number of carbonyl (C=O) groups excluding carboxylic acids is 3. The van der Waals surface area contributed by atoms with Crippen LogP contribution >= 0.6 is 0 Å². The van der Waals surface area contributed by atoms with Gasteiger partial charge in [0, 0.05) is 63.1 Å². The maximum absolute atomic E-state index is 13.2. The minimum absolute atomic E-state index is 0.0158. The van der Waals surface area contributed by atoms with Gasteiger partial charge in [-0.25, -0.2) is 0 Å². The Balaban J connectivity index is 1.64. The molecular formula is C36H42N6O5. The number of hydrogen-bond donors (Lipinski definition) is 3. The number of anilines is 1. The van der Waals surface area contributed by atoms with Crippen molar-refractivity contribution in [3.05, 3.63) is 106 Å². The smallest absolute Gasteiger partial charge is 0.255 e. The molecule has 47 heavy (non-hydrogen) atoms. The summed E-state index contributed by atoms with van der Waals surface area (Å²) in [5, 5.41) is 8.91. The van der Waals surface area contributed by atoms with Crippen LogP contribution in [-0.2, 0) is 23.2 Å². The largest absolute Gasteiger partial charge is 0.494 e. The number of ether oxygens (including phenoxy) is 1. The van der Waals surface area contributed by atoms with Crippen LogP contribution in [0.4, 0.5) is 5.69 Å². The van der Waals surface area contributed by atoms with Crippen molar-refractivity contribution in [2.75, 3.05) is 33.6 Å². The van der Waals surface area contributed by atoms with Crippen LogP contribution in [0.25, 0.3) is 11.1 Å². The summed E-state index contributed by atoms with van der Waals surface area (Å²) < 4.78 is 7.37. The summed E-state index contributed by atoms with van der Waals surface area (Å²) in [5.41, 5.74) is 3.80. The molecule has 11 heteroatoms. The summed E-state index contributed by atoms with van der Waals surface area (Å²) in [6.45, 7) is 2.12. The normalized spacial score (nSPS) is 13.5. The molecule has 1 aliphatic carbocycles. The van der Waals surface area contributed by atoms with Gasteiger partial charge in [0.05, 0.1) is 30.6 Å². The van der Waals surface area contributed by atoms with Crippen LogP contribution in [0.2, 0.25) is 0 Å². The molecule has 0 spiro atoms. The van der Waals surface area contributed by atoms with E-state index in [1.165, 1.54) is 9.47 Å². The van der Waals surface area contributed by atoms with Crippen LogP contribution in [0.15, 0.2) is 94.0 Å². The first-order valence-electron chi connectivity index (χ1n) is 15.5. The lowest BCUT2D eigenvalue weighted by atomic mass is 10.0. The van der Waals surface area contributed by atoms with E-state index in [0.717, 1.165) is 24.0 Å². The van der Waals surface area contributed by atoms with Gasteiger partial charge >= 0.3 is 0 Å². The number of allylic oxidation sites excluding steroid dienone is 1. The zero-order chi connectivity index (χ0) is 34.1. The van der Waals surface area contributed by atoms with E-state index in [9.17, 15) is 19.2 Å². The maximum Gasteiger partial charge on any atom is 0.255 e. The number of methoxy groups -OCH3 is 1. The van der Waals surface area contributed by atoms with E-state index < -0.39 is 0 Å². The summed E-state index contributed by atoms with van der Waals surface area (Å²) >= 11 is 0. The molecule has 0 atom stereocenters. The predicted octanol–water partition coefficient (Wildman–Crippen LogP) is 4.27. The van der Waals surface area contributed by atoms with Gasteiger partial charge in [0.2, 0.25) is 5.91 Å². The molecule has 1 aromatic heterocycles. The molecule has 2 aromatic carbocycles. The van der Waals surface area contributed by atoms with E-state index in [2.05, 4.69) is 20.9 Å². The number of nitrogens with zero attached hydrogens (tertiary/aromatic N) is 3. The van der Waals surface area contributed by atoms with Gasteiger partial charge in [0.15, 0.2) is 0 Å². The third-order valence-electron chi connectivity index (χ3n) is 7.78. The third-order valence-corrected chi connectivity index (χ3v) is 7.78. The number of likely N-dealkylation sites (N-methyl/N-ethyl adjacent to an activating group) is 1. The molecule has 0 radical (unpaired) electrons. The van der Waals surface area contributed by atoms with E-state index in [4.69, 9.17) is 4.74 Å². The average Bonchev–Trinajstić information content (AvgIpc) is 3.94. The van der Waals surface area contributed by atoms with Crippen LogP contribution in [-0.4, -0.2) is 61.3 Å². The number of amides is 3. The van der Waals surface area contributed by atoms with Crippen molar-refractivity contribution in [3.8, 4) is 16.9 Å². The number of aliphatic imine (C=N–C) groups is 1. The SMILES string of the molecule is CC/C=C(C(=O)NC)/C(=C\C(=NC)NC(=O)C1CC1)Nc1cccc(-c2ccc(C(=O)N(C)Cc3cccn(C)c3=O)cc2)c1OC. The number of hydrogen-bond acceptors (Lipinski definition) is 7. The second kappa shape index (κ2) is 15.7. The Morgan fingerprint density at radius 2 is 1.81 bits per heavy atom. The Kier molecular flexibility index (Phi) is 11.5. The number of carbonyl (C=O) groups is 3. The molecule has 246 valence electrons. The number of rotatable bonds is 12. The number of para-hydroxylation sites is 1. The van der Waals surface area contributed by atoms with E-state index in [1.54, 1.807) is 77.9 Å². The number of amidine groups is 1. The van der Waals surface area contributed by atoms with Gasteiger partial charge in [-0.2, -0.15) is 0 Å². The molecule has 4 rings (SSSR count). The number of pyridine rings is 1. The van der Waals surface area contributed by atoms with E-state index in [0.29, 0.717) is 46.1 Å². The fourth-order valence-electron chi connectivity index (χ4n) is 5.05. The third kappa shape index (κ3) is 8.43. The zero-order valence-electron chi connectivity index (χ0n) is 27.7. The molecule has 0 aliphatic heterocycles. The molecule has 0 unspecified atom stereocenters. The molecule has 1 heterocycles. The zero-order valence-corrected chi connectivity index (χ0v) is 27.7. The lowest BCUT2D eigenvalue weighted by Crippen LogP contribution is -2.32. The molecule has 11 nitrogen and oxygen atoms in total. The Morgan fingerprint density at radius 3 is 2.43 bits per heavy atom. The lowest BCUT2D eigenvalue weighted by molar-refractivity contribution is -0.121. The Morgan fingerprint density at radius 1 is 1.09 bits per heavy atom. The highest BCUT2D eigenvalue weighted by Crippen LogP contribution is 2.38. The number of nitrogens with one attached hydrogen (secondary N) is 3. The van der Waals surface area contributed by atoms with E-state index >= 15 is 0 Å². The molecule has 1 aliphatic rings. The van der Waals surface area contributed by atoms with Crippen molar-refractivity contribution >= 4 is 29.2 Å². The van der Waals surface area contributed by atoms with Crippen LogP contribution in [0.1, 0.15) is 42.1 Å². The number of aromatic nitrogens is 1. The first kappa shape index (κ1) is 34.4. The second-order valence-corrected chi connectivity index (χ2v) is 11.2. The molecule has 1 saturated carbocycles. The molecule has 3 amide bonds. The minimum atomic E-state index is -0.303. The summed E-state index contributed by atoms with van der Waals surface area (Å²) in [6.07, 6.45) is 7.41. The Bertz CT molecular complexity index is 1780. The second-order valence-electron chi connectivity index (χ2n) is 11.2. The highest BCUT2D eigenvalue weighted by Gasteiger charge is 2.30. The first-order valence-corrected chi connectivity index (χ1v) is 15.5. The number of benzene rings is 2. The number of aryl methyl sites for hydroxylation is 1. The first-order chi connectivity index (χ1) is 22.6. The van der Waals surface area contributed by atoms with Gasteiger partial charge in [-0.3, -0.25) is 24.2 Å². The summed E-state index contributed by atoms with van der Waals surface area (Å²) in [6, 6.07) is 16.2. The molecule has 3 N–H and O–H groups in total.